The molecule has 0 saturated carbocycles. The molecule has 1 amide bonds. The van der Waals surface area contributed by atoms with Crippen LogP contribution in [-0.2, 0) is 9.59 Å². The quantitative estimate of drug-likeness (QED) is 0.432. The minimum absolute atomic E-state index is 0.0361. The molecule has 1 heterocycles. The second-order valence-corrected chi connectivity index (χ2v) is 7.57. The molecule has 1 aliphatic heterocycles. The number of carbonyl (C=O) groups is 2. The molecular formula is C23H26N2O5. The fourth-order valence-corrected chi connectivity index (χ4v) is 3.60. The second-order valence-electron chi connectivity index (χ2n) is 7.57. The zero-order valence-corrected chi connectivity index (χ0v) is 17.5. The lowest BCUT2D eigenvalue weighted by molar-refractivity contribution is -0.140. The fourth-order valence-electron chi connectivity index (χ4n) is 3.60. The van der Waals surface area contributed by atoms with Gasteiger partial charge < -0.3 is 24.7 Å². The Balaban J connectivity index is 2.14. The predicted octanol–water partition coefficient (Wildman–Crippen LogP) is 2.69. The second kappa shape index (κ2) is 8.59. The molecule has 2 aromatic rings. The Morgan fingerprint density at radius 2 is 1.80 bits per heavy atom. The number of aromatic hydroxyl groups is 1. The van der Waals surface area contributed by atoms with Crippen molar-refractivity contribution < 1.29 is 24.5 Å². The van der Waals surface area contributed by atoms with E-state index in [1.54, 1.807) is 37.4 Å². The number of likely N-dealkylation sites (N-methyl/N-ethyl adjacent to an activating group) is 1. The van der Waals surface area contributed by atoms with Crippen molar-refractivity contribution in [2.24, 2.45) is 0 Å². The Bertz CT molecular complexity index is 995. The number of carbonyl (C=O) groups excluding carboxylic acids is 2. The molecule has 1 atom stereocenters. The molecule has 0 spiro atoms. The number of aryl methyl sites for hydroxylation is 1. The number of ether oxygens (including phenoxy) is 1. The number of aliphatic hydroxyl groups is 1. The number of hydrogen-bond donors (Lipinski definition) is 2. The molecule has 0 aromatic heterocycles. The average Bonchev–Trinajstić information content (AvgIpc) is 2.96. The smallest absolute Gasteiger partial charge is 0.295 e. The van der Waals surface area contributed by atoms with Gasteiger partial charge in [-0.05, 0) is 62.5 Å². The van der Waals surface area contributed by atoms with Gasteiger partial charge in [-0.25, -0.2) is 0 Å². The SMILES string of the molecule is COc1ccc(C(O)=C2C(=O)C(=O)N(CCN(C)C)[C@@H]2c2ccc(O)cc2)cc1C. The Kier molecular flexibility index (Phi) is 6.12. The van der Waals surface area contributed by atoms with Crippen LogP contribution in [0.4, 0.5) is 0 Å². The number of phenolic OH excluding ortho intramolecular Hbond substituents is 1. The summed E-state index contributed by atoms with van der Waals surface area (Å²) < 4.78 is 5.26. The van der Waals surface area contributed by atoms with E-state index in [2.05, 4.69) is 0 Å². The van der Waals surface area contributed by atoms with E-state index in [1.165, 1.54) is 17.0 Å². The topological polar surface area (TPSA) is 90.3 Å². The third kappa shape index (κ3) is 4.02. The van der Waals surface area contributed by atoms with E-state index < -0.39 is 17.7 Å². The van der Waals surface area contributed by atoms with Gasteiger partial charge in [-0.15, -0.1) is 0 Å². The molecule has 1 aliphatic rings. The summed E-state index contributed by atoms with van der Waals surface area (Å²) in [6, 6.07) is 10.6. The summed E-state index contributed by atoms with van der Waals surface area (Å²) in [6.45, 7) is 2.72. The van der Waals surface area contributed by atoms with Crippen LogP contribution in [-0.4, -0.2) is 66.0 Å². The van der Waals surface area contributed by atoms with Crippen LogP contribution in [0.2, 0.25) is 0 Å². The van der Waals surface area contributed by atoms with Crippen LogP contribution >= 0.6 is 0 Å². The van der Waals surface area contributed by atoms with Crippen LogP contribution in [0.5, 0.6) is 11.5 Å². The lowest BCUT2D eigenvalue weighted by Gasteiger charge is -2.26. The summed E-state index contributed by atoms with van der Waals surface area (Å²) >= 11 is 0. The van der Waals surface area contributed by atoms with Gasteiger partial charge in [-0.2, -0.15) is 0 Å². The number of Topliss-reactive ketones (excluding diaryl/α,β-unsaturated/α-hetero) is 1. The van der Waals surface area contributed by atoms with Crippen LogP contribution in [0.3, 0.4) is 0 Å². The first kappa shape index (κ1) is 21.4. The van der Waals surface area contributed by atoms with E-state index >= 15 is 0 Å². The van der Waals surface area contributed by atoms with Gasteiger partial charge in [-0.1, -0.05) is 12.1 Å². The Morgan fingerprint density at radius 3 is 2.37 bits per heavy atom. The molecule has 1 saturated heterocycles. The highest BCUT2D eigenvalue weighted by atomic mass is 16.5. The van der Waals surface area contributed by atoms with Crippen molar-refractivity contribution in [1.29, 1.82) is 0 Å². The normalized spacial score (nSPS) is 18.3. The summed E-state index contributed by atoms with van der Waals surface area (Å²) in [7, 11) is 5.32. The summed E-state index contributed by atoms with van der Waals surface area (Å²) in [6.07, 6.45) is 0. The van der Waals surface area contributed by atoms with Gasteiger partial charge >= 0.3 is 0 Å². The monoisotopic (exact) mass is 410 g/mol. The number of aliphatic hydroxyl groups excluding tert-OH is 1. The Morgan fingerprint density at radius 1 is 1.13 bits per heavy atom. The van der Waals surface area contributed by atoms with Gasteiger partial charge in [0.05, 0.1) is 18.7 Å². The molecule has 7 heteroatoms. The maximum atomic E-state index is 12.9. The Hall–Kier alpha value is -3.32. The molecule has 1 fully saturated rings. The largest absolute Gasteiger partial charge is 0.508 e. The van der Waals surface area contributed by atoms with Gasteiger partial charge in [0.2, 0.25) is 0 Å². The van der Waals surface area contributed by atoms with E-state index in [0.29, 0.717) is 30.0 Å². The highest BCUT2D eigenvalue weighted by molar-refractivity contribution is 6.46. The summed E-state index contributed by atoms with van der Waals surface area (Å²) in [5.41, 5.74) is 1.90. The lowest BCUT2D eigenvalue weighted by Crippen LogP contribution is -2.35. The average molecular weight is 410 g/mol. The number of likely N-dealkylation sites (tertiary alicyclic amines) is 1. The van der Waals surface area contributed by atoms with Gasteiger partial charge in [-0.3, -0.25) is 9.59 Å². The van der Waals surface area contributed by atoms with Crippen molar-refractivity contribution in [3.05, 3.63) is 64.7 Å². The number of amides is 1. The number of hydrogen-bond acceptors (Lipinski definition) is 6. The highest BCUT2D eigenvalue weighted by Crippen LogP contribution is 2.40. The van der Waals surface area contributed by atoms with E-state index in [9.17, 15) is 19.8 Å². The first-order chi connectivity index (χ1) is 14.2. The van der Waals surface area contributed by atoms with Crippen molar-refractivity contribution in [3.8, 4) is 11.5 Å². The number of benzene rings is 2. The molecule has 0 aliphatic carbocycles. The highest BCUT2D eigenvalue weighted by Gasteiger charge is 2.45. The molecular weight excluding hydrogens is 384 g/mol. The van der Waals surface area contributed by atoms with Gasteiger partial charge in [0.1, 0.15) is 17.3 Å². The van der Waals surface area contributed by atoms with Crippen LogP contribution in [0, 0.1) is 6.92 Å². The molecule has 30 heavy (non-hydrogen) atoms. The number of nitrogens with zero attached hydrogens (tertiary/aromatic N) is 2. The first-order valence-corrected chi connectivity index (χ1v) is 9.61. The molecule has 3 rings (SSSR count). The zero-order chi connectivity index (χ0) is 22.0. The van der Waals surface area contributed by atoms with Gasteiger partial charge in [0.25, 0.3) is 11.7 Å². The molecule has 0 unspecified atom stereocenters. The standard InChI is InChI=1S/C23H26N2O5/c1-14-13-16(7-10-18(14)30-4)21(27)19-20(15-5-8-17(26)9-6-15)25(12-11-24(2)3)23(29)22(19)28/h5-10,13,20,26-27H,11-12H2,1-4H3/t20-/m1/s1. The summed E-state index contributed by atoms with van der Waals surface area (Å²) in [4.78, 5) is 29.1. The third-order valence-corrected chi connectivity index (χ3v) is 5.21. The van der Waals surface area contributed by atoms with Crippen molar-refractivity contribution >= 4 is 17.4 Å². The van der Waals surface area contributed by atoms with E-state index in [4.69, 9.17) is 4.74 Å². The maximum Gasteiger partial charge on any atom is 0.295 e. The molecule has 2 aromatic carbocycles. The van der Waals surface area contributed by atoms with Crippen LogP contribution in [0.15, 0.2) is 48.0 Å². The lowest BCUT2D eigenvalue weighted by atomic mass is 9.94. The number of phenols is 1. The molecule has 158 valence electrons. The fraction of sp³-hybridized carbons (Fsp3) is 0.304. The van der Waals surface area contributed by atoms with Crippen LogP contribution < -0.4 is 4.74 Å². The third-order valence-electron chi connectivity index (χ3n) is 5.21. The molecule has 2 N–H and O–H groups in total. The molecule has 0 bridgehead atoms. The van der Waals surface area contributed by atoms with Crippen molar-refractivity contribution in [3.63, 3.8) is 0 Å². The zero-order valence-electron chi connectivity index (χ0n) is 17.5. The number of ketones is 1. The predicted molar refractivity (Wildman–Crippen MR) is 113 cm³/mol. The minimum Gasteiger partial charge on any atom is -0.508 e. The number of methoxy groups -OCH3 is 1. The van der Waals surface area contributed by atoms with E-state index in [1.807, 2.05) is 25.9 Å². The van der Waals surface area contributed by atoms with Gasteiger partial charge in [0.15, 0.2) is 0 Å². The van der Waals surface area contributed by atoms with Crippen molar-refractivity contribution in [1.82, 2.24) is 9.80 Å². The number of rotatable bonds is 6. The summed E-state index contributed by atoms with van der Waals surface area (Å²) in [5.74, 6) is -0.869. The van der Waals surface area contributed by atoms with E-state index in [-0.39, 0.29) is 17.1 Å². The van der Waals surface area contributed by atoms with Crippen LogP contribution in [0.25, 0.3) is 5.76 Å². The van der Waals surface area contributed by atoms with Crippen molar-refractivity contribution in [2.75, 3.05) is 34.3 Å². The first-order valence-electron chi connectivity index (χ1n) is 9.61. The van der Waals surface area contributed by atoms with E-state index in [0.717, 1.165) is 5.56 Å². The molecule has 0 radical (unpaired) electrons. The molecule has 7 nitrogen and oxygen atoms in total. The minimum atomic E-state index is -0.743. The summed E-state index contributed by atoms with van der Waals surface area (Å²) in [5, 5.41) is 20.7. The van der Waals surface area contributed by atoms with Crippen LogP contribution in [0.1, 0.15) is 22.7 Å². The van der Waals surface area contributed by atoms with Gasteiger partial charge in [0, 0.05) is 18.7 Å². The maximum absolute atomic E-state index is 12.9. The van der Waals surface area contributed by atoms with Crippen molar-refractivity contribution in [2.45, 2.75) is 13.0 Å². The Labute approximate surface area is 175 Å².